The molecular weight excluding hydrogens is 1750 g/mol. The topological polar surface area (TPSA) is 1230 Å². The summed E-state index contributed by atoms with van der Waals surface area (Å²) in [6.07, 6.45) is 7.84. The molecule has 99 heteroatoms. The second-order valence-electron chi connectivity index (χ2n) is 18.7. The maximum absolute atomic E-state index is 6.52. The zero-order valence-electron chi connectivity index (χ0n) is 63.8. The van der Waals surface area contributed by atoms with Crippen LogP contribution in [0.3, 0.4) is 0 Å². The summed E-state index contributed by atoms with van der Waals surface area (Å²) in [7, 11) is 8.10. The SMILES string of the molecule is Cc1cc(N(C)CCN(C)C)c(N)cc1Nc1ncc(-c2ncnn2C)c(-c2cn3c4c(cccc24)CCC3)n1.N=N/N=N/N=N/N=N/N=N/N=N/N=N/N=N/N=N/N=N/N=N/N=N/N=N/N=N/N=N/N=N/N=N/N=N/N=N/N=N/N=N/N=N/N=N/N=N/N=N/N=N/N=N/N=N/N=N/N=N/N=N/N=N/N=N/N=N/N=N/N=N/N=N/N=N/N=N/N=N/N=N/N=N/N=N/N=N/N. The number of hydrogen-bond donors (Lipinski definition) is 4. The van der Waals surface area contributed by atoms with Gasteiger partial charge in [-0.2, -0.15) is 10.6 Å². The zero-order chi connectivity index (χ0) is 91.5. The minimum atomic E-state index is 0.504. The molecule has 0 atom stereocenters. The van der Waals surface area contributed by atoms with Crippen LogP contribution in [0.5, 0.6) is 0 Å². The Bertz CT molecular complexity index is 5630. The fraction of sp³-hybridized carbons (Fsp3) is 0.333. The number of nitrogen functional groups attached to an aromatic ring is 1. The molecule has 99 nitrogen and oxygen atoms in total. The van der Waals surface area contributed by atoms with Gasteiger partial charge in [-0.3, -0.25) is 0 Å². The van der Waals surface area contributed by atoms with Gasteiger partial charge in [0.1, 0.15) is 6.33 Å². The molecule has 1 aliphatic rings. The van der Waals surface area contributed by atoms with Crippen molar-refractivity contribution in [3.05, 3.63) is 60.2 Å². The number of benzene rings is 2. The largest absolute Gasteiger partial charge is 0.397 e. The van der Waals surface area contributed by atoms with E-state index in [-0.39, 0.29) is 0 Å². The first kappa shape index (κ1) is 97.3. The van der Waals surface area contributed by atoms with Crippen molar-refractivity contribution in [2.24, 2.45) is 467 Å². The van der Waals surface area contributed by atoms with Crippen LogP contribution < -0.4 is 21.8 Å². The van der Waals surface area contributed by atoms with Gasteiger partial charge in [0, 0.05) is 434 Å². The van der Waals surface area contributed by atoms with Crippen molar-refractivity contribution in [2.45, 2.75) is 26.3 Å². The number of aromatic nitrogens is 6. The summed E-state index contributed by atoms with van der Waals surface area (Å²) in [6.45, 7) is 4.90. The first-order chi connectivity index (χ1) is 63.7. The number of anilines is 4. The van der Waals surface area contributed by atoms with Crippen molar-refractivity contribution in [1.29, 1.82) is 5.53 Å². The molecule has 1 aliphatic heterocycles. The highest BCUT2D eigenvalue weighted by Gasteiger charge is 2.23. The molecule has 0 radical (unpaired) electrons. The van der Waals surface area contributed by atoms with Crippen molar-refractivity contribution in [3.8, 4) is 22.6 Å². The lowest BCUT2D eigenvalue weighted by Crippen LogP contribution is -2.29. The summed E-state index contributed by atoms with van der Waals surface area (Å²) < 4.78 is 4.11. The Labute approximate surface area is 699 Å². The van der Waals surface area contributed by atoms with E-state index >= 15 is 0 Å². The molecule has 0 bridgehead atoms. The zero-order valence-corrected chi connectivity index (χ0v) is 63.8. The predicted molar refractivity (Wildman–Crippen MR) is 380 cm³/mol. The summed E-state index contributed by atoms with van der Waals surface area (Å²) in [5.74, 6) is 5.86. The highest BCUT2D eigenvalue weighted by atomic mass is 15.8. The van der Waals surface area contributed by atoms with Crippen LogP contribution in [0.1, 0.15) is 17.5 Å². The lowest BCUT2D eigenvalue weighted by atomic mass is 10.0. The van der Waals surface area contributed by atoms with E-state index in [9.17, 15) is 0 Å². The molecule has 3 aromatic heterocycles. The monoisotopic (exact) mass is 1790 g/mol. The van der Waals surface area contributed by atoms with Crippen LogP contribution in [0.15, 0.2) is 503 Å². The van der Waals surface area contributed by atoms with Gasteiger partial charge in [-0.25, -0.2) is 19.6 Å². The Kier molecular flexibility index (Phi) is 51.2. The van der Waals surface area contributed by atoms with E-state index in [2.05, 4.69) is 549 Å². The Balaban J connectivity index is 0.000000600. The highest BCUT2D eigenvalue weighted by Crippen LogP contribution is 2.39. The molecule has 0 fully saturated rings. The number of nitrogens with two attached hydrogens (primary N) is 2. The lowest BCUT2D eigenvalue weighted by Gasteiger charge is -2.24. The third-order valence-electron chi connectivity index (χ3n) is 11.2. The Morgan fingerprint density at radius 1 is 0.388 bits per heavy atom. The Hall–Kier alpha value is -22.2. The normalized spacial score (nSPS) is 14.7. The van der Waals surface area contributed by atoms with Crippen LogP contribution >= 0.6 is 0 Å². The summed E-state index contributed by atoms with van der Waals surface area (Å²) in [5, 5.41) is 268. The first-order valence-electron chi connectivity index (χ1n) is 31.3. The van der Waals surface area contributed by atoms with E-state index in [0.717, 1.165) is 72.1 Å². The summed E-state index contributed by atoms with van der Waals surface area (Å²) in [4.78, 5) is 18.7. The summed E-state index contributed by atoms with van der Waals surface area (Å²) >= 11 is 0. The van der Waals surface area contributed by atoms with Gasteiger partial charge in [0.05, 0.1) is 28.1 Å². The van der Waals surface area contributed by atoms with E-state index in [1.54, 1.807) is 11.0 Å². The minimum absolute atomic E-state index is 0.504. The van der Waals surface area contributed by atoms with E-state index in [1.165, 1.54) is 16.5 Å². The standard InChI is InChI=1S/C30H36N10.H3N89/c1-19-14-26(38(4)13-12-37(2)3)24(31)15-25(19)35-30-32-16-22(29-33-18-34-39(29)5)27(36-30)23-17-40-11-7-9-20-8-6-10-21(23)28(20)40;1-3-5-7-9-11-13-15-17-19-21-23-25-27-29-31-33-35-37-39-41-43-45-47-49-51-53-55-57-59-61-63-65-67-69-71-73-75-77-79-81-83-85-87-89-88-86-84-82-80-78-76-74-72-70-68-66-64-62-60-58-56-54-52-50-48-46-44-42-40-38-36-34-32-30-28-26-24-22-20-18-16-14-12-10-8-6-4-2/h6,8,10,14-18H,7,9,11-13,31H2,1-5H3,(H,32,35,36);(H3,1,2,5,6,9,10,13,14,17,18,21,22,25,26,29,30,33,34,37,38,41,42,45,46,49,50,53,54,57,58,61,62,65,66,69,70,73,74,77,78,81,82,85,86,89). The van der Waals surface area contributed by atoms with E-state index in [4.69, 9.17) is 21.2 Å². The van der Waals surface area contributed by atoms with E-state index < -0.39 is 0 Å². The fourth-order valence-corrected chi connectivity index (χ4v) is 7.09. The van der Waals surface area contributed by atoms with Gasteiger partial charge >= 0.3 is 0 Å². The average molecular weight is 1790 g/mol. The average Bonchev–Trinajstić information content (AvgIpc) is 1.60. The van der Waals surface area contributed by atoms with Crippen LogP contribution in [0.25, 0.3) is 33.5 Å². The summed E-state index contributed by atoms with van der Waals surface area (Å²) in [5.41, 5.74) is 21.8. The van der Waals surface area contributed by atoms with Gasteiger partial charge in [0.15, 0.2) is 5.82 Å². The number of nitrogens with zero attached hydrogens (tertiary/aromatic N) is 95. The third-order valence-corrected chi connectivity index (χ3v) is 11.2. The maximum atomic E-state index is 6.52. The molecule has 0 unspecified atom stereocenters. The molecule has 0 amide bonds. The molecule has 0 saturated heterocycles. The van der Waals surface area contributed by atoms with Gasteiger partial charge in [0.2, 0.25) is 5.95 Å². The van der Waals surface area contributed by atoms with Crippen LogP contribution in [0, 0.1) is 12.5 Å². The lowest BCUT2D eigenvalue weighted by molar-refractivity contribution is 0.416. The Morgan fingerprint density at radius 3 is 0.969 bits per heavy atom. The predicted octanol–water partition coefficient (Wildman–Crippen LogP) is 20.2. The number of para-hydroxylation sites is 1. The molecule has 6 rings (SSSR count). The second-order valence-corrected chi connectivity index (χ2v) is 18.7. The molecule has 5 aromatic rings. The molecule has 2 aromatic carbocycles. The van der Waals surface area contributed by atoms with Crippen LogP contribution in [0.4, 0.5) is 23.0 Å². The van der Waals surface area contributed by atoms with Crippen LogP contribution in [-0.2, 0) is 20.0 Å². The van der Waals surface area contributed by atoms with Gasteiger partial charge in [-0.1, -0.05) is 23.4 Å². The number of rotatable bonds is 51. The first-order valence-corrected chi connectivity index (χ1v) is 31.3. The van der Waals surface area contributed by atoms with Crippen molar-refractivity contribution in [1.82, 2.24) is 34.2 Å². The van der Waals surface area contributed by atoms with Crippen molar-refractivity contribution in [3.63, 3.8) is 0 Å². The van der Waals surface area contributed by atoms with Crippen molar-refractivity contribution in [2.75, 3.05) is 50.2 Å². The highest BCUT2D eigenvalue weighted by molar-refractivity contribution is 6.00. The van der Waals surface area contributed by atoms with Crippen molar-refractivity contribution >= 4 is 33.9 Å². The Morgan fingerprint density at radius 2 is 0.690 bits per heavy atom. The quantitative estimate of drug-likeness (QED) is 0.0124. The maximum Gasteiger partial charge on any atom is 0.227 e. The van der Waals surface area contributed by atoms with Crippen LogP contribution in [-0.4, -0.2) is 68.4 Å². The number of hydrogen-bond acceptors (Lipinski definition) is 10. The van der Waals surface area contributed by atoms with E-state index in [1.807, 2.05) is 19.3 Å². The van der Waals surface area contributed by atoms with Gasteiger partial charge in [-0.05, 0) is 135 Å². The molecule has 0 spiro atoms. The molecule has 0 saturated carbocycles. The molecular formula is C30H39N99. The molecule has 4 heterocycles. The molecule has 6 N–H and O–H groups in total. The molecule has 129 heavy (non-hydrogen) atoms. The van der Waals surface area contributed by atoms with E-state index in [0.29, 0.717) is 11.6 Å². The fourth-order valence-electron chi connectivity index (χ4n) is 7.09. The molecule has 0 aliphatic carbocycles. The number of aryl methyl sites for hydroxylation is 4. The van der Waals surface area contributed by atoms with Crippen LogP contribution in [0.2, 0.25) is 0 Å². The van der Waals surface area contributed by atoms with Gasteiger partial charge in [0.25, 0.3) is 0 Å². The van der Waals surface area contributed by atoms with Gasteiger partial charge in [-0.15, -0.1) is 0 Å². The smallest absolute Gasteiger partial charge is 0.227 e. The van der Waals surface area contributed by atoms with Gasteiger partial charge < -0.3 is 31.3 Å². The third kappa shape index (κ3) is 46.9. The van der Waals surface area contributed by atoms with Crippen molar-refractivity contribution < 1.29 is 0 Å². The summed E-state index contributed by atoms with van der Waals surface area (Å²) in [6, 6.07) is 10.6. The number of likely N-dealkylation sites (N-methyl/N-ethyl adjacent to an activating group) is 2. The number of nitrogens with one attached hydrogen (secondary N) is 2. The minimum Gasteiger partial charge on any atom is -0.397 e. The molecule has 654 valence electrons. The second kappa shape index (κ2) is 67.9.